The highest BCUT2D eigenvalue weighted by Gasteiger charge is 2.28. The fourth-order valence-corrected chi connectivity index (χ4v) is 2.77. The first-order valence-corrected chi connectivity index (χ1v) is 8.82. The molecule has 1 fully saturated rings. The van der Waals surface area contributed by atoms with E-state index in [1.807, 2.05) is 30.3 Å². The molecule has 3 aromatic rings. The van der Waals surface area contributed by atoms with Crippen LogP contribution in [-0.2, 0) is 22.7 Å². The van der Waals surface area contributed by atoms with Crippen molar-refractivity contribution in [2.75, 3.05) is 6.54 Å². The number of nitrogens with one attached hydrogen (secondary N) is 1. The van der Waals surface area contributed by atoms with Crippen LogP contribution in [0.3, 0.4) is 0 Å². The summed E-state index contributed by atoms with van der Waals surface area (Å²) < 4.78 is 10.3. The van der Waals surface area contributed by atoms with Crippen molar-refractivity contribution in [1.82, 2.24) is 20.4 Å². The Morgan fingerprint density at radius 2 is 1.86 bits per heavy atom. The number of carbonyl (C=O) groups is 3. The summed E-state index contributed by atoms with van der Waals surface area (Å²) in [6.45, 7) is -0.00197. The lowest BCUT2D eigenvalue weighted by molar-refractivity contribution is -0.125. The highest BCUT2D eigenvalue weighted by atomic mass is 16.6. The molecule has 1 N–H and O–H groups in total. The van der Waals surface area contributed by atoms with E-state index in [-0.39, 0.29) is 31.5 Å². The Hall–Kier alpha value is -4.01. The molecule has 4 rings (SSSR count). The molecule has 1 aliphatic heterocycles. The second-order valence-electron chi connectivity index (χ2n) is 6.29. The van der Waals surface area contributed by atoms with E-state index in [9.17, 15) is 14.4 Å². The van der Waals surface area contributed by atoms with Gasteiger partial charge in [0.25, 0.3) is 5.89 Å². The second-order valence-corrected chi connectivity index (χ2v) is 6.29. The van der Waals surface area contributed by atoms with Crippen molar-refractivity contribution in [3.8, 4) is 11.4 Å². The first kappa shape index (κ1) is 18.4. The molecule has 0 bridgehead atoms. The number of benzene rings is 2. The fraction of sp³-hybridized carbons (Fsp3) is 0.150. The van der Waals surface area contributed by atoms with Gasteiger partial charge in [-0.1, -0.05) is 47.6 Å². The molecule has 0 atom stereocenters. The summed E-state index contributed by atoms with van der Waals surface area (Å²) in [5.41, 5.74) is 1.85. The number of aromatic nitrogens is 2. The van der Waals surface area contributed by atoms with Gasteiger partial charge in [-0.2, -0.15) is 4.98 Å². The topological polar surface area (TPSA) is 115 Å². The van der Waals surface area contributed by atoms with Gasteiger partial charge in [-0.05, 0) is 17.7 Å². The summed E-state index contributed by atoms with van der Waals surface area (Å²) in [5, 5.41) is 6.32. The van der Waals surface area contributed by atoms with Crippen molar-refractivity contribution < 1.29 is 23.6 Å². The number of imide groups is 1. The van der Waals surface area contributed by atoms with E-state index >= 15 is 0 Å². The lowest BCUT2D eigenvalue weighted by atomic mass is 10.1. The summed E-state index contributed by atoms with van der Waals surface area (Å²) in [4.78, 5) is 40.7. The van der Waals surface area contributed by atoms with Gasteiger partial charge in [-0.3, -0.25) is 9.69 Å². The number of rotatable bonds is 6. The molecule has 2 heterocycles. The van der Waals surface area contributed by atoms with E-state index in [0.717, 1.165) is 16.0 Å². The minimum Gasteiger partial charge on any atom is -0.452 e. The monoisotopic (exact) mass is 392 g/mol. The molecule has 1 saturated heterocycles. The molecule has 1 aliphatic rings. The predicted octanol–water partition coefficient (Wildman–Crippen LogP) is 2.15. The number of hydrogen-bond donors (Lipinski definition) is 1. The third-order valence-electron chi connectivity index (χ3n) is 4.29. The lowest BCUT2D eigenvalue weighted by Crippen LogP contribution is -2.30. The van der Waals surface area contributed by atoms with E-state index < -0.39 is 12.0 Å². The van der Waals surface area contributed by atoms with Crippen LogP contribution >= 0.6 is 0 Å². The number of amides is 3. The molecular formula is C20H16N4O5. The third-order valence-corrected chi connectivity index (χ3v) is 4.29. The van der Waals surface area contributed by atoms with E-state index in [1.54, 1.807) is 24.3 Å². The molecule has 0 unspecified atom stereocenters. The first-order chi connectivity index (χ1) is 14.1. The highest BCUT2D eigenvalue weighted by Crippen LogP contribution is 2.16. The number of esters is 1. The van der Waals surface area contributed by atoms with Crippen molar-refractivity contribution in [2.45, 2.75) is 13.2 Å². The molecule has 29 heavy (non-hydrogen) atoms. The Bertz CT molecular complexity index is 1030. The Morgan fingerprint density at radius 1 is 1.10 bits per heavy atom. The molecule has 0 radical (unpaired) electrons. The zero-order valence-corrected chi connectivity index (χ0v) is 15.2. The van der Waals surface area contributed by atoms with Gasteiger partial charge >= 0.3 is 12.0 Å². The Kier molecular flexibility index (Phi) is 5.02. The number of ether oxygens (including phenoxy) is 1. The van der Waals surface area contributed by atoms with Crippen molar-refractivity contribution in [2.24, 2.45) is 0 Å². The lowest BCUT2D eigenvalue weighted by Gasteiger charge is -2.12. The first-order valence-electron chi connectivity index (χ1n) is 8.82. The summed E-state index contributed by atoms with van der Waals surface area (Å²) >= 11 is 0. The molecule has 3 amide bonds. The summed E-state index contributed by atoms with van der Waals surface area (Å²) in [5.74, 6) is -0.229. The zero-order chi connectivity index (χ0) is 20.2. The fourth-order valence-electron chi connectivity index (χ4n) is 2.77. The van der Waals surface area contributed by atoms with E-state index in [0.29, 0.717) is 11.4 Å². The van der Waals surface area contributed by atoms with Crippen LogP contribution in [0.15, 0.2) is 59.1 Å². The van der Waals surface area contributed by atoms with Gasteiger partial charge < -0.3 is 14.6 Å². The Labute approximate surface area is 165 Å². The number of nitrogens with zero attached hydrogens (tertiary/aromatic N) is 3. The van der Waals surface area contributed by atoms with Crippen LogP contribution < -0.4 is 5.32 Å². The van der Waals surface area contributed by atoms with E-state index in [2.05, 4.69) is 15.5 Å². The quantitative estimate of drug-likeness (QED) is 0.505. The average molecular weight is 392 g/mol. The van der Waals surface area contributed by atoms with Gasteiger partial charge in [0.2, 0.25) is 11.7 Å². The Balaban J connectivity index is 1.34. The van der Waals surface area contributed by atoms with Gasteiger partial charge in [0, 0.05) is 5.56 Å². The molecule has 146 valence electrons. The SMILES string of the molecule is O=C(OCc1nc(-c2ccccc2)no1)c1ccc(CN2C(=O)CNC2=O)cc1. The van der Waals surface area contributed by atoms with Crippen molar-refractivity contribution in [3.05, 3.63) is 71.6 Å². The largest absolute Gasteiger partial charge is 0.452 e. The summed E-state index contributed by atoms with van der Waals surface area (Å²) in [6.07, 6.45) is 0. The number of carbonyl (C=O) groups excluding carboxylic acids is 3. The van der Waals surface area contributed by atoms with Crippen LogP contribution in [-0.4, -0.2) is 39.5 Å². The second kappa shape index (κ2) is 7.93. The molecule has 9 heteroatoms. The van der Waals surface area contributed by atoms with Crippen LogP contribution in [0.2, 0.25) is 0 Å². The molecule has 9 nitrogen and oxygen atoms in total. The Morgan fingerprint density at radius 3 is 2.55 bits per heavy atom. The molecule has 1 aromatic heterocycles. The van der Waals surface area contributed by atoms with Crippen LogP contribution in [0, 0.1) is 0 Å². The minimum atomic E-state index is -0.550. The minimum absolute atomic E-state index is 0.00486. The van der Waals surface area contributed by atoms with E-state index in [4.69, 9.17) is 9.26 Å². The molecule has 0 spiro atoms. The number of urea groups is 1. The summed E-state index contributed by atoms with van der Waals surface area (Å²) in [7, 11) is 0. The number of hydrogen-bond acceptors (Lipinski definition) is 7. The smallest absolute Gasteiger partial charge is 0.338 e. The van der Waals surface area contributed by atoms with Crippen LogP contribution in [0.5, 0.6) is 0 Å². The zero-order valence-electron chi connectivity index (χ0n) is 15.2. The molecule has 0 aliphatic carbocycles. The predicted molar refractivity (Wildman–Crippen MR) is 99.2 cm³/mol. The molecule has 2 aromatic carbocycles. The van der Waals surface area contributed by atoms with Crippen LogP contribution in [0.1, 0.15) is 21.8 Å². The molecular weight excluding hydrogens is 376 g/mol. The third kappa shape index (κ3) is 4.13. The van der Waals surface area contributed by atoms with Crippen molar-refractivity contribution >= 4 is 17.9 Å². The van der Waals surface area contributed by atoms with Crippen molar-refractivity contribution in [1.29, 1.82) is 0 Å². The molecule has 0 saturated carbocycles. The van der Waals surface area contributed by atoms with Gasteiger partial charge in [-0.25, -0.2) is 9.59 Å². The average Bonchev–Trinajstić information content (AvgIpc) is 3.35. The standard InChI is InChI=1S/C20H16N4O5/c25-17-10-21-20(27)24(17)11-13-6-8-15(9-7-13)19(26)28-12-16-22-18(23-29-16)14-4-2-1-3-5-14/h1-9H,10-12H2,(H,21,27). The maximum atomic E-state index is 12.2. The van der Waals surface area contributed by atoms with Crippen LogP contribution in [0.25, 0.3) is 11.4 Å². The maximum absolute atomic E-state index is 12.2. The van der Waals surface area contributed by atoms with E-state index in [1.165, 1.54) is 0 Å². The van der Waals surface area contributed by atoms with Gasteiger partial charge in [0.1, 0.15) is 0 Å². The normalized spacial score (nSPS) is 13.4. The van der Waals surface area contributed by atoms with Gasteiger partial charge in [-0.15, -0.1) is 0 Å². The summed E-state index contributed by atoms with van der Waals surface area (Å²) in [6, 6.07) is 15.3. The van der Waals surface area contributed by atoms with Gasteiger partial charge in [0.15, 0.2) is 6.61 Å². The maximum Gasteiger partial charge on any atom is 0.338 e. The highest BCUT2D eigenvalue weighted by molar-refractivity contribution is 6.01. The van der Waals surface area contributed by atoms with Crippen molar-refractivity contribution in [3.63, 3.8) is 0 Å². The van der Waals surface area contributed by atoms with Gasteiger partial charge in [0.05, 0.1) is 18.7 Å². The van der Waals surface area contributed by atoms with Crippen LogP contribution in [0.4, 0.5) is 4.79 Å².